The van der Waals surface area contributed by atoms with E-state index < -0.39 is 0 Å². The molecular weight excluding hydrogens is 190 g/mol. The number of carbonyl (C=O) groups excluding carboxylic acids is 2. The van der Waals surface area contributed by atoms with Gasteiger partial charge >= 0.3 is 0 Å². The highest BCUT2D eigenvalue weighted by Gasteiger charge is 2.31. The van der Waals surface area contributed by atoms with Gasteiger partial charge in [0, 0.05) is 0 Å². The van der Waals surface area contributed by atoms with Crippen molar-refractivity contribution >= 4 is 11.8 Å². The van der Waals surface area contributed by atoms with E-state index in [-0.39, 0.29) is 11.8 Å². The predicted molar refractivity (Wildman–Crippen MR) is 54.7 cm³/mol. The second kappa shape index (κ2) is 2.92. The number of hydrogen-bond acceptors (Lipinski definition) is 2. The lowest BCUT2D eigenvalue weighted by molar-refractivity contribution is 0.0879. The van der Waals surface area contributed by atoms with Gasteiger partial charge < -0.3 is 0 Å². The highest BCUT2D eigenvalue weighted by Crippen LogP contribution is 2.34. The maximum absolute atomic E-state index is 11.6. The van der Waals surface area contributed by atoms with E-state index in [2.05, 4.69) is 5.32 Å². The van der Waals surface area contributed by atoms with Gasteiger partial charge in [-0.05, 0) is 36.8 Å². The van der Waals surface area contributed by atoms with Crippen molar-refractivity contribution in [2.45, 2.75) is 19.3 Å². The number of fused-ring (bicyclic) bond motifs is 1. The third kappa shape index (κ3) is 1.35. The van der Waals surface area contributed by atoms with E-state index in [1.54, 1.807) is 6.07 Å². The summed E-state index contributed by atoms with van der Waals surface area (Å²) in [7, 11) is 0. The molecule has 0 radical (unpaired) electrons. The van der Waals surface area contributed by atoms with Crippen LogP contribution in [0.25, 0.3) is 0 Å². The van der Waals surface area contributed by atoms with Gasteiger partial charge in [0.25, 0.3) is 11.8 Å². The zero-order valence-corrected chi connectivity index (χ0v) is 8.25. The van der Waals surface area contributed by atoms with E-state index in [4.69, 9.17) is 0 Å². The van der Waals surface area contributed by atoms with Gasteiger partial charge in [-0.2, -0.15) is 0 Å². The minimum absolute atomic E-state index is 0.230. The van der Waals surface area contributed by atoms with Crippen molar-refractivity contribution in [2.75, 3.05) is 0 Å². The van der Waals surface area contributed by atoms with E-state index in [1.807, 2.05) is 12.1 Å². The fourth-order valence-electron chi connectivity index (χ4n) is 2.09. The average Bonchev–Trinajstić information content (AvgIpc) is 2.96. The van der Waals surface area contributed by atoms with Gasteiger partial charge in [-0.1, -0.05) is 12.1 Å². The standard InChI is InChI=1S/C12H11NO2/c14-11-9-3-1-2-8(6-7-4-5-7)10(9)12(15)13-11/h1-3,7H,4-6H2,(H,13,14,15). The predicted octanol–water partition coefficient (Wildman–Crippen LogP) is 1.52. The SMILES string of the molecule is O=C1NC(=O)c2c(CC3CC3)cccc21. The minimum atomic E-state index is -0.257. The Kier molecular flexibility index (Phi) is 1.69. The highest BCUT2D eigenvalue weighted by atomic mass is 16.2. The van der Waals surface area contributed by atoms with Crippen LogP contribution in [0.5, 0.6) is 0 Å². The lowest BCUT2D eigenvalue weighted by atomic mass is 9.98. The summed E-state index contributed by atoms with van der Waals surface area (Å²) in [6.07, 6.45) is 3.43. The summed E-state index contributed by atoms with van der Waals surface area (Å²) in [5.41, 5.74) is 2.17. The van der Waals surface area contributed by atoms with E-state index in [9.17, 15) is 9.59 Å². The second-order valence-corrected chi connectivity index (χ2v) is 4.27. The van der Waals surface area contributed by atoms with Crippen molar-refractivity contribution in [2.24, 2.45) is 5.92 Å². The Balaban J connectivity index is 2.07. The first-order valence-corrected chi connectivity index (χ1v) is 5.23. The van der Waals surface area contributed by atoms with Crippen molar-refractivity contribution < 1.29 is 9.59 Å². The second-order valence-electron chi connectivity index (χ2n) is 4.27. The molecule has 76 valence electrons. The molecule has 3 rings (SSSR count). The zero-order chi connectivity index (χ0) is 10.4. The molecule has 1 heterocycles. The van der Waals surface area contributed by atoms with Crippen LogP contribution in [0.15, 0.2) is 18.2 Å². The van der Waals surface area contributed by atoms with E-state index in [1.165, 1.54) is 12.8 Å². The van der Waals surface area contributed by atoms with Crippen molar-refractivity contribution in [3.63, 3.8) is 0 Å². The Morgan fingerprint density at radius 2 is 2.00 bits per heavy atom. The van der Waals surface area contributed by atoms with Crippen LogP contribution in [0.1, 0.15) is 39.1 Å². The number of rotatable bonds is 2. The maximum Gasteiger partial charge on any atom is 0.259 e. The molecule has 1 saturated carbocycles. The first kappa shape index (κ1) is 8.65. The fourth-order valence-corrected chi connectivity index (χ4v) is 2.09. The third-order valence-electron chi connectivity index (χ3n) is 3.06. The summed E-state index contributed by atoms with van der Waals surface area (Å²) in [5, 5.41) is 2.34. The van der Waals surface area contributed by atoms with E-state index in [0.29, 0.717) is 11.1 Å². The van der Waals surface area contributed by atoms with Gasteiger partial charge in [0.15, 0.2) is 0 Å². The summed E-state index contributed by atoms with van der Waals surface area (Å²) >= 11 is 0. The smallest absolute Gasteiger partial charge is 0.259 e. The summed E-state index contributed by atoms with van der Waals surface area (Å²) in [4.78, 5) is 23.0. The van der Waals surface area contributed by atoms with E-state index in [0.717, 1.165) is 17.9 Å². The Morgan fingerprint density at radius 1 is 1.20 bits per heavy atom. The normalized spacial score (nSPS) is 18.9. The molecule has 0 spiro atoms. The first-order chi connectivity index (χ1) is 7.25. The molecule has 1 aromatic carbocycles. The fraction of sp³-hybridized carbons (Fsp3) is 0.333. The highest BCUT2D eigenvalue weighted by molar-refractivity contribution is 6.22. The topological polar surface area (TPSA) is 46.2 Å². The Labute approximate surface area is 87.5 Å². The molecule has 0 unspecified atom stereocenters. The number of hydrogen-bond donors (Lipinski definition) is 1. The molecule has 3 heteroatoms. The van der Waals surface area contributed by atoms with Crippen LogP contribution in [0, 0.1) is 5.92 Å². The minimum Gasteiger partial charge on any atom is -0.288 e. The number of amides is 2. The van der Waals surface area contributed by atoms with Crippen LogP contribution >= 0.6 is 0 Å². The Morgan fingerprint density at radius 3 is 2.73 bits per heavy atom. The van der Waals surface area contributed by atoms with Crippen LogP contribution < -0.4 is 5.32 Å². The molecule has 0 saturated heterocycles. The molecule has 3 nitrogen and oxygen atoms in total. The molecule has 1 aliphatic carbocycles. The van der Waals surface area contributed by atoms with Crippen molar-refractivity contribution in [1.82, 2.24) is 5.32 Å². The first-order valence-electron chi connectivity index (χ1n) is 5.23. The lowest BCUT2D eigenvalue weighted by Crippen LogP contribution is -2.20. The summed E-state index contributed by atoms with van der Waals surface area (Å²) in [5.74, 6) is 0.235. The summed E-state index contributed by atoms with van der Waals surface area (Å²) < 4.78 is 0. The lowest BCUT2D eigenvalue weighted by Gasteiger charge is -2.03. The molecule has 1 N–H and O–H groups in total. The van der Waals surface area contributed by atoms with Crippen LogP contribution in [0.3, 0.4) is 0 Å². The molecule has 15 heavy (non-hydrogen) atoms. The van der Waals surface area contributed by atoms with E-state index >= 15 is 0 Å². The zero-order valence-electron chi connectivity index (χ0n) is 8.25. The summed E-state index contributed by atoms with van der Waals surface area (Å²) in [6, 6.07) is 5.52. The van der Waals surface area contributed by atoms with Crippen LogP contribution in [0.2, 0.25) is 0 Å². The number of imide groups is 1. The van der Waals surface area contributed by atoms with Gasteiger partial charge in [-0.15, -0.1) is 0 Å². The molecule has 0 bridgehead atoms. The van der Waals surface area contributed by atoms with Gasteiger partial charge in [-0.25, -0.2) is 0 Å². The van der Waals surface area contributed by atoms with Gasteiger partial charge in [0.1, 0.15) is 0 Å². The monoisotopic (exact) mass is 201 g/mol. The molecule has 1 aromatic rings. The largest absolute Gasteiger partial charge is 0.288 e. The number of carbonyl (C=O) groups is 2. The van der Waals surface area contributed by atoms with Crippen LogP contribution in [0.4, 0.5) is 0 Å². The Hall–Kier alpha value is -1.64. The average molecular weight is 201 g/mol. The van der Waals surface area contributed by atoms with Crippen molar-refractivity contribution in [1.29, 1.82) is 0 Å². The van der Waals surface area contributed by atoms with Gasteiger partial charge in [0.2, 0.25) is 0 Å². The molecular formula is C12H11NO2. The molecule has 1 fully saturated rings. The molecule has 2 aliphatic rings. The maximum atomic E-state index is 11.6. The quantitative estimate of drug-likeness (QED) is 0.737. The number of nitrogens with one attached hydrogen (secondary N) is 1. The van der Waals surface area contributed by atoms with Crippen LogP contribution in [-0.2, 0) is 6.42 Å². The van der Waals surface area contributed by atoms with Gasteiger partial charge in [0.05, 0.1) is 11.1 Å². The van der Waals surface area contributed by atoms with Crippen molar-refractivity contribution in [3.8, 4) is 0 Å². The molecule has 0 aromatic heterocycles. The molecule has 2 amide bonds. The third-order valence-corrected chi connectivity index (χ3v) is 3.06. The molecule has 0 atom stereocenters. The van der Waals surface area contributed by atoms with Crippen LogP contribution in [-0.4, -0.2) is 11.8 Å². The Bertz CT molecular complexity index is 461. The molecule has 1 aliphatic heterocycles. The van der Waals surface area contributed by atoms with Crippen molar-refractivity contribution in [3.05, 3.63) is 34.9 Å². The number of benzene rings is 1. The summed E-state index contributed by atoms with van der Waals surface area (Å²) in [6.45, 7) is 0. The van der Waals surface area contributed by atoms with Gasteiger partial charge in [-0.3, -0.25) is 14.9 Å².